The van der Waals surface area contributed by atoms with Crippen LogP contribution in [0.2, 0.25) is 0 Å². The van der Waals surface area contributed by atoms with Crippen LogP contribution in [0.15, 0.2) is 11.2 Å². The molecule has 1 heterocycles. The summed E-state index contributed by atoms with van der Waals surface area (Å²) in [4.78, 5) is 8.39. The van der Waals surface area contributed by atoms with E-state index in [0.717, 1.165) is 17.9 Å². The molecule has 0 amide bonds. The topological polar surface area (TPSA) is 51.8 Å². The quantitative estimate of drug-likeness (QED) is 0.518. The van der Waals surface area contributed by atoms with Gasteiger partial charge in [-0.15, -0.1) is 23.2 Å². The van der Waals surface area contributed by atoms with E-state index in [-0.39, 0.29) is 0 Å². The second-order valence-corrected chi connectivity index (χ2v) is 6.22. The highest BCUT2D eigenvalue weighted by Gasteiger charge is 2.51. The number of aryl methyl sites for hydroxylation is 1. The molecule has 1 aromatic heterocycles. The lowest BCUT2D eigenvalue weighted by Crippen LogP contribution is -1.99. The van der Waals surface area contributed by atoms with Crippen molar-refractivity contribution in [3.8, 4) is 0 Å². The van der Waals surface area contributed by atoms with Crippen molar-refractivity contribution in [3.63, 3.8) is 0 Å². The fourth-order valence-corrected chi connectivity index (χ4v) is 3.10. The zero-order chi connectivity index (χ0) is 11.1. The summed E-state index contributed by atoms with van der Waals surface area (Å²) < 4.78 is -0.525. The number of rotatable bonds is 3. The number of alkyl halides is 2. The van der Waals surface area contributed by atoms with E-state index in [1.54, 1.807) is 17.8 Å². The van der Waals surface area contributed by atoms with Crippen LogP contribution in [0.1, 0.15) is 12.1 Å². The van der Waals surface area contributed by atoms with E-state index in [2.05, 4.69) is 9.97 Å². The highest BCUT2D eigenvalue weighted by Crippen LogP contribution is 2.54. The molecule has 0 aliphatic heterocycles. The Hall–Kier alpha value is -0.190. The molecule has 0 aromatic carbocycles. The number of nitrogens with two attached hydrogens (primary N) is 1. The SMILES string of the molecule is Cc1cc(N)nc(SC[C@H]2CC2(Cl)Cl)n1. The minimum Gasteiger partial charge on any atom is -0.384 e. The average Bonchev–Trinajstić information content (AvgIpc) is 2.69. The Morgan fingerprint density at radius 3 is 2.80 bits per heavy atom. The van der Waals surface area contributed by atoms with E-state index in [1.807, 2.05) is 6.92 Å². The normalized spacial score (nSPS) is 22.7. The molecule has 0 spiro atoms. The van der Waals surface area contributed by atoms with Gasteiger partial charge in [-0.05, 0) is 13.3 Å². The Bertz CT molecular complexity index is 363. The molecule has 2 rings (SSSR count). The van der Waals surface area contributed by atoms with Gasteiger partial charge in [0.2, 0.25) is 0 Å². The Kier molecular flexibility index (Phi) is 3.01. The smallest absolute Gasteiger partial charge is 0.189 e. The van der Waals surface area contributed by atoms with Gasteiger partial charge in [-0.2, -0.15) is 0 Å². The van der Waals surface area contributed by atoms with Crippen molar-refractivity contribution in [1.82, 2.24) is 9.97 Å². The number of nitrogens with zero attached hydrogens (tertiary/aromatic N) is 2. The van der Waals surface area contributed by atoms with Gasteiger partial charge in [-0.25, -0.2) is 9.97 Å². The molecule has 1 aliphatic rings. The van der Waals surface area contributed by atoms with Gasteiger partial charge in [0.05, 0.1) is 0 Å². The van der Waals surface area contributed by atoms with Gasteiger partial charge in [0.15, 0.2) is 5.16 Å². The van der Waals surface area contributed by atoms with Gasteiger partial charge >= 0.3 is 0 Å². The second-order valence-electron chi connectivity index (χ2n) is 3.69. The summed E-state index contributed by atoms with van der Waals surface area (Å²) in [5.41, 5.74) is 6.50. The predicted octanol–water partition coefficient (Wildman–Crippen LogP) is 2.65. The molecule has 1 fully saturated rings. The van der Waals surface area contributed by atoms with E-state index in [0.29, 0.717) is 16.9 Å². The van der Waals surface area contributed by atoms with Crippen molar-refractivity contribution in [2.45, 2.75) is 22.8 Å². The Labute approximate surface area is 103 Å². The zero-order valence-corrected chi connectivity index (χ0v) is 10.5. The summed E-state index contributed by atoms with van der Waals surface area (Å²) in [6.07, 6.45) is 0.852. The number of thioether (sulfide) groups is 1. The van der Waals surface area contributed by atoms with Crippen LogP contribution >= 0.6 is 35.0 Å². The third-order valence-electron chi connectivity index (χ3n) is 2.22. The van der Waals surface area contributed by atoms with Crippen LogP contribution in [0.5, 0.6) is 0 Å². The minimum atomic E-state index is -0.525. The number of halogens is 2. The van der Waals surface area contributed by atoms with Crippen LogP contribution in [0.4, 0.5) is 5.82 Å². The lowest BCUT2D eigenvalue weighted by Gasteiger charge is -2.02. The molecule has 6 heteroatoms. The second kappa shape index (κ2) is 4.00. The summed E-state index contributed by atoms with van der Waals surface area (Å²) >= 11 is 13.4. The monoisotopic (exact) mass is 263 g/mol. The molecule has 1 atom stereocenters. The van der Waals surface area contributed by atoms with Gasteiger partial charge in [0.1, 0.15) is 10.2 Å². The van der Waals surface area contributed by atoms with E-state index in [9.17, 15) is 0 Å². The molecule has 2 N–H and O–H groups in total. The number of hydrogen-bond donors (Lipinski definition) is 1. The third-order valence-corrected chi connectivity index (χ3v) is 4.16. The first kappa shape index (κ1) is 11.3. The summed E-state index contributed by atoms with van der Waals surface area (Å²) in [7, 11) is 0. The van der Waals surface area contributed by atoms with Crippen molar-refractivity contribution in [2.24, 2.45) is 5.92 Å². The standard InChI is InChI=1S/C9H11Cl2N3S/c1-5-2-7(12)14-8(13-5)15-4-6-3-9(6,10)11/h2,6H,3-4H2,1H3,(H2,12,13,14)/t6-/m1/s1. The maximum absolute atomic E-state index is 5.92. The molecule has 82 valence electrons. The predicted molar refractivity (Wildman–Crippen MR) is 64.4 cm³/mol. The van der Waals surface area contributed by atoms with Crippen molar-refractivity contribution in [2.75, 3.05) is 11.5 Å². The highest BCUT2D eigenvalue weighted by molar-refractivity contribution is 7.99. The Morgan fingerprint density at radius 1 is 1.60 bits per heavy atom. The summed E-state index contributed by atoms with van der Waals surface area (Å²) in [5.74, 6) is 1.69. The van der Waals surface area contributed by atoms with Crippen LogP contribution in [-0.2, 0) is 0 Å². The molecule has 0 bridgehead atoms. The lowest BCUT2D eigenvalue weighted by molar-refractivity contribution is 0.923. The summed E-state index contributed by atoms with van der Waals surface area (Å²) in [5, 5.41) is 0.698. The maximum atomic E-state index is 5.92. The molecular formula is C9H11Cl2N3S. The molecule has 0 saturated heterocycles. The van der Waals surface area contributed by atoms with Gasteiger partial charge in [-0.3, -0.25) is 0 Å². The molecule has 1 aromatic rings. The van der Waals surface area contributed by atoms with E-state index in [1.165, 1.54) is 0 Å². The van der Waals surface area contributed by atoms with Crippen LogP contribution < -0.4 is 5.73 Å². The van der Waals surface area contributed by atoms with Crippen molar-refractivity contribution < 1.29 is 0 Å². The lowest BCUT2D eigenvalue weighted by atomic mass is 10.4. The van der Waals surface area contributed by atoms with Crippen LogP contribution in [-0.4, -0.2) is 20.1 Å². The highest BCUT2D eigenvalue weighted by atomic mass is 35.5. The number of aromatic nitrogens is 2. The van der Waals surface area contributed by atoms with Crippen molar-refractivity contribution in [1.29, 1.82) is 0 Å². The summed E-state index contributed by atoms with van der Waals surface area (Å²) in [6, 6.07) is 1.74. The van der Waals surface area contributed by atoms with Crippen LogP contribution in [0, 0.1) is 12.8 Å². The average molecular weight is 264 g/mol. The maximum Gasteiger partial charge on any atom is 0.189 e. The Balaban J connectivity index is 1.94. The number of hydrogen-bond acceptors (Lipinski definition) is 4. The van der Waals surface area contributed by atoms with Gasteiger partial charge < -0.3 is 5.73 Å². The molecule has 1 aliphatic carbocycles. The number of nitrogen functional groups attached to an aromatic ring is 1. The zero-order valence-electron chi connectivity index (χ0n) is 8.20. The van der Waals surface area contributed by atoms with Crippen molar-refractivity contribution in [3.05, 3.63) is 11.8 Å². The molecule has 0 radical (unpaired) electrons. The molecule has 3 nitrogen and oxygen atoms in total. The first-order valence-corrected chi connectivity index (χ1v) is 6.33. The third kappa shape index (κ3) is 2.89. The molecule has 1 saturated carbocycles. The van der Waals surface area contributed by atoms with E-state index >= 15 is 0 Å². The first-order chi connectivity index (χ1) is 6.97. The van der Waals surface area contributed by atoms with Crippen molar-refractivity contribution >= 4 is 40.8 Å². The van der Waals surface area contributed by atoms with E-state index < -0.39 is 4.33 Å². The summed E-state index contributed by atoms with van der Waals surface area (Å²) in [6.45, 7) is 1.90. The fourth-order valence-electron chi connectivity index (χ4n) is 1.25. The molecule has 0 unspecified atom stereocenters. The molecule has 15 heavy (non-hydrogen) atoms. The number of anilines is 1. The minimum absolute atomic E-state index is 0.344. The fraction of sp³-hybridized carbons (Fsp3) is 0.556. The first-order valence-electron chi connectivity index (χ1n) is 4.59. The molecular weight excluding hydrogens is 253 g/mol. The Morgan fingerprint density at radius 2 is 2.27 bits per heavy atom. The largest absolute Gasteiger partial charge is 0.384 e. The van der Waals surface area contributed by atoms with Gasteiger partial charge in [-0.1, -0.05) is 11.8 Å². The van der Waals surface area contributed by atoms with Gasteiger partial charge in [0, 0.05) is 23.4 Å². The van der Waals surface area contributed by atoms with Gasteiger partial charge in [0.25, 0.3) is 0 Å². The van der Waals surface area contributed by atoms with Crippen LogP contribution in [0.3, 0.4) is 0 Å². The van der Waals surface area contributed by atoms with Crippen LogP contribution in [0.25, 0.3) is 0 Å². The van der Waals surface area contributed by atoms with E-state index in [4.69, 9.17) is 28.9 Å².